The number of likely N-dealkylation sites (tertiary alicyclic amines) is 1. The summed E-state index contributed by atoms with van der Waals surface area (Å²) < 4.78 is 60.7. The largest absolute Gasteiger partial charge is 0.495 e. The van der Waals surface area contributed by atoms with Gasteiger partial charge in [-0.3, -0.25) is 4.79 Å². The fraction of sp³-hybridized carbons (Fsp3) is 0.333. The maximum atomic E-state index is 12.8. The van der Waals surface area contributed by atoms with Crippen molar-refractivity contribution in [3.05, 3.63) is 48.0 Å². The lowest BCUT2D eigenvalue weighted by atomic mass is 10.2. The molecule has 1 amide bonds. The second-order valence-electron chi connectivity index (χ2n) is 7.64. The summed E-state index contributed by atoms with van der Waals surface area (Å²) in [5.74, 6) is -0.00844. The summed E-state index contributed by atoms with van der Waals surface area (Å²) >= 11 is 0. The van der Waals surface area contributed by atoms with Crippen LogP contribution < -0.4 is 10.1 Å². The highest BCUT2D eigenvalue weighted by atomic mass is 32.2. The first-order valence-electron chi connectivity index (χ1n) is 10.0. The Morgan fingerprint density at radius 3 is 2.45 bits per heavy atom. The minimum Gasteiger partial charge on any atom is -0.495 e. The number of anilines is 1. The molecule has 1 aliphatic rings. The van der Waals surface area contributed by atoms with Crippen molar-refractivity contribution >= 4 is 37.5 Å². The number of benzene rings is 2. The van der Waals surface area contributed by atoms with Crippen molar-refractivity contribution in [2.45, 2.75) is 22.6 Å². The van der Waals surface area contributed by atoms with Crippen molar-refractivity contribution in [2.75, 3.05) is 40.1 Å². The summed E-state index contributed by atoms with van der Waals surface area (Å²) in [6.07, 6.45) is 1.43. The molecule has 1 N–H and O–H groups in total. The first-order chi connectivity index (χ1) is 15.5. The minimum atomic E-state index is -3.95. The van der Waals surface area contributed by atoms with Gasteiger partial charge in [-0.25, -0.2) is 12.7 Å². The molecule has 1 fully saturated rings. The predicted octanol–water partition coefficient (Wildman–Crippen LogP) is 2.01. The van der Waals surface area contributed by atoms with Crippen molar-refractivity contribution in [1.29, 1.82) is 0 Å². The van der Waals surface area contributed by atoms with Gasteiger partial charge in [0.2, 0.25) is 10.0 Å². The van der Waals surface area contributed by atoms with Gasteiger partial charge in [-0.1, -0.05) is 6.07 Å². The van der Waals surface area contributed by atoms with Crippen molar-refractivity contribution in [3.63, 3.8) is 0 Å². The molecule has 0 spiro atoms. The molecule has 2 aromatic carbocycles. The number of carbonyl (C=O) groups is 1. The fourth-order valence-corrected chi connectivity index (χ4v) is 5.47. The first-order valence-corrected chi connectivity index (χ1v) is 12.9. The van der Waals surface area contributed by atoms with Crippen molar-refractivity contribution < 1.29 is 26.4 Å². The maximum absolute atomic E-state index is 12.8. The smallest absolute Gasteiger partial charge is 0.284 e. The number of hydrogen-bond acceptors (Lipinski definition) is 6. The van der Waals surface area contributed by atoms with Crippen LogP contribution in [0.2, 0.25) is 0 Å². The van der Waals surface area contributed by atoms with E-state index in [0.717, 1.165) is 17.3 Å². The third-order valence-electron chi connectivity index (χ3n) is 5.13. The number of sulfonamides is 2. The van der Waals surface area contributed by atoms with Crippen LogP contribution >= 0.6 is 0 Å². The summed E-state index contributed by atoms with van der Waals surface area (Å²) in [5.41, 5.74) is 0.297. The lowest BCUT2D eigenvalue weighted by molar-refractivity contribution is 0.102. The second kappa shape index (κ2) is 9.49. The van der Waals surface area contributed by atoms with Crippen LogP contribution in [0.1, 0.15) is 23.2 Å². The zero-order valence-corrected chi connectivity index (χ0v) is 20.4. The van der Waals surface area contributed by atoms with Gasteiger partial charge in [0.05, 0.1) is 12.0 Å². The molecule has 3 rings (SSSR count). The summed E-state index contributed by atoms with van der Waals surface area (Å²) in [4.78, 5) is 14.4. The lowest BCUT2D eigenvalue weighted by Crippen LogP contribution is -2.23. The number of rotatable bonds is 7. The Morgan fingerprint density at radius 2 is 1.85 bits per heavy atom. The average Bonchev–Trinajstić information content (AvgIpc) is 3.16. The third kappa shape index (κ3) is 5.34. The Labute approximate surface area is 194 Å². The van der Waals surface area contributed by atoms with E-state index in [-0.39, 0.29) is 26.8 Å². The predicted molar refractivity (Wildman–Crippen MR) is 125 cm³/mol. The van der Waals surface area contributed by atoms with Crippen LogP contribution in [0, 0.1) is 0 Å². The Kier molecular flexibility index (Phi) is 7.10. The van der Waals surface area contributed by atoms with Crippen LogP contribution in [-0.4, -0.2) is 72.6 Å². The van der Waals surface area contributed by atoms with E-state index in [4.69, 9.17) is 4.74 Å². The third-order valence-corrected chi connectivity index (χ3v) is 8.27. The Hall–Kier alpha value is -2.96. The number of amides is 1. The van der Waals surface area contributed by atoms with Crippen LogP contribution in [0.3, 0.4) is 0 Å². The molecule has 12 heteroatoms. The van der Waals surface area contributed by atoms with E-state index in [1.165, 1.54) is 63.7 Å². The van der Waals surface area contributed by atoms with Gasteiger partial charge < -0.3 is 15.0 Å². The van der Waals surface area contributed by atoms with Crippen molar-refractivity contribution in [3.8, 4) is 5.75 Å². The zero-order valence-electron chi connectivity index (χ0n) is 18.8. The molecule has 10 nitrogen and oxygen atoms in total. The number of amidine groups is 1. The summed E-state index contributed by atoms with van der Waals surface area (Å²) in [7, 11) is -1.94. The van der Waals surface area contributed by atoms with Gasteiger partial charge in [0.15, 0.2) is 0 Å². The fourth-order valence-electron chi connectivity index (χ4n) is 3.25. The Morgan fingerprint density at radius 1 is 1.12 bits per heavy atom. The normalized spacial score (nSPS) is 15.8. The van der Waals surface area contributed by atoms with Gasteiger partial charge in [-0.05, 0) is 42.8 Å². The highest BCUT2D eigenvalue weighted by Crippen LogP contribution is 2.27. The molecule has 178 valence electrons. The minimum absolute atomic E-state index is 0.0568. The van der Waals surface area contributed by atoms with Gasteiger partial charge in [-0.2, -0.15) is 8.42 Å². The molecule has 1 heterocycles. The number of ether oxygens (including phenoxy) is 1. The van der Waals surface area contributed by atoms with Crippen LogP contribution in [0.4, 0.5) is 5.69 Å². The molecular formula is C21H26N4O6S2. The Balaban J connectivity index is 1.89. The van der Waals surface area contributed by atoms with E-state index in [1.807, 2.05) is 0 Å². The second-order valence-corrected chi connectivity index (χ2v) is 11.4. The average molecular weight is 495 g/mol. The molecule has 1 aliphatic heterocycles. The number of carbonyl (C=O) groups excluding carboxylic acids is 1. The lowest BCUT2D eigenvalue weighted by Gasteiger charge is -2.15. The molecule has 0 unspecified atom stereocenters. The first kappa shape index (κ1) is 24.7. The molecule has 1 saturated heterocycles. The van der Waals surface area contributed by atoms with Gasteiger partial charge in [-0.15, -0.1) is 4.40 Å². The highest BCUT2D eigenvalue weighted by Gasteiger charge is 2.24. The summed E-state index contributed by atoms with van der Waals surface area (Å²) in [5, 5.41) is 2.61. The number of hydrogen-bond donors (Lipinski definition) is 1. The van der Waals surface area contributed by atoms with Gasteiger partial charge in [0, 0.05) is 45.4 Å². The standard InChI is InChI=1S/C21H26N4O6S2/c1-24(2)33(29,30)19-13-15(10-11-18(19)31-4)21(26)22-16-7-5-8-17(14-16)32(27,28)23-20-9-6-12-25(20)3/h5,7-8,10-11,13-14H,6,9,12H2,1-4H3,(H,22,26)/b23-20-. The van der Waals surface area contributed by atoms with E-state index in [2.05, 4.69) is 9.71 Å². The van der Waals surface area contributed by atoms with Crippen LogP contribution in [0.5, 0.6) is 5.75 Å². The van der Waals surface area contributed by atoms with Gasteiger partial charge in [0.1, 0.15) is 16.5 Å². The van der Waals surface area contributed by atoms with E-state index in [9.17, 15) is 21.6 Å². The van der Waals surface area contributed by atoms with Crippen LogP contribution in [-0.2, 0) is 20.0 Å². The van der Waals surface area contributed by atoms with E-state index in [1.54, 1.807) is 11.9 Å². The Bertz CT molecular complexity index is 1300. The molecule has 0 atom stereocenters. The molecule has 0 saturated carbocycles. The molecule has 0 aromatic heterocycles. The summed E-state index contributed by atoms with van der Waals surface area (Å²) in [6, 6.07) is 9.77. The SMILES string of the molecule is COc1ccc(C(=O)Nc2cccc(S(=O)(=O)/N=C3/CCCN3C)c2)cc1S(=O)(=O)N(C)C. The number of nitrogens with one attached hydrogen (secondary N) is 1. The molecule has 0 aliphatic carbocycles. The monoisotopic (exact) mass is 494 g/mol. The number of methoxy groups -OCH3 is 1. The molecule has 33 heavy (non-hydrogen) atoms. The zero-order chi connectivity index (χ0) is 24.4. The van der Waals surface area contributed by atoms with E-state index >= 15 is 0 Å². The van der Waals surface area contributed by atoms with Crippen molar-refractivity contribution in [2.24, 2.45) is 4.40 Å². The van der Waals surface area contributed by atoms with Gasteiger partial charge in [0.25, 0.3) is 15.9 Å². The topological polar surface area (TPSA) is 125 Å². The van der Waals surface area contributed by atoms with Crippen molar-refractivity contribution in [1.82, 2.24) is 9.21 Å². The molecule has 2 aromatic rings. The highest BCUT2D eigenvalue weighted by molar-refractivity contribution is 7.90. The number of nitrogens with zero attached hydrogens (tertiary/aromatic N) is 3. The van der Waals surface area contributed by atoms with Gasteiger partial charge >= 0.3 is 0 Å². The van der Waals surface area contributed by atoms with Crippen LogP contribution in [0.15, 0.2) is 56.7 Å². The van der Waals surface area contributed by atoms with Crippen LogP contribution in [0.25, 0.3) is 0 Å². The van der Waals surface area contributed by atoms with E-state index < -0.39 is 26.0 Å². The molecule has 0 radical (unpaired) electrons. The maximum Gasteiger partial charge on any atom is 0.284 e. The quantitative estimate of drug-likeness (QED) is 0.624. The summed E-state index contributed by atoms with van der Waals surface area (Å²) in [6.45, 7) is 0.748. The van der Waals surface area contributed by atoms with E-state index in [0.29, 0.717) is 12.3 Å². The molecular weight excluding hydrogens is 468 g/mol. The molecule has 0 bridgehead atoms.